The number of aromatic nitrogens is 2. The van der Waals surface area contributed by atoms with Crippen LogP contribution in [0.4, 0.5) is 0 Å². The van der Waals surface area contributed by atoms with Crippen LogP contribution in [0.5, 0.6) is 0 Å². The Labute approximate surface area is 139 Å². The van der Waals surface area contributed by atoms with Crippen molar-refractivity contribution in [2.24, 2.45) is 11.8 Å². The Balaban J connectivity index is 1.50. The molecule has 3 rings (SSSR count). The van der Waals surface area contributed by atoms with E-state index in [1.807, 2.05) is 4.90 Å². The number of H-pyrrole nitrogens is 1. The second-order valence-corrected chi connectivity index (χ2v) is 6.55. The summed E-state index contributed by atoms with van der Waals surface area (Å²) in [5.41, 5.74) is 0.660. The highest BCUT2D eigenvalue weighted by Crippen LogP contribution is 2.32. The molecule has 2 heterocycles. The van der Waals surface area contributed by atoms with Crippen LogP contribution in [-0.4, -0.2) is 56.9 Å². The molecule has 0 radical (unpaired) electrons. The van der Waals surface area contributed by atoms with E-state index in [4.69, 9.17) is 0 Å². The van der Waals surface area contributed by atoms with Gasteiger partial charge in [0.1, 0.15) is 6.04 Å². The predicted molar refractivity (Wildman–Crippen MR) is 83.9 cm³/mol. The SMILES string of the molecule is O=C(N[C@@H](Cc1cnc[nH]1)C(=O)O)C1CCN(C(=O)C2CC2)CC1. The Morgan fingerprint density at radius 3 is 2.50 bits per heavy atom. The summed E-state index contributed by atoms with van der Waals surface area (Å²) in [6, 6.07) is -0.982. The zero-order valence-corrected chi connectivity index (χ0v) is 13.4. The number of carboxylic acids is 1. The molecule has 1 saturated heterocycles. The summed E-state index contributed by atoms with van der Waals surface area (Å²) in [6.45, 7) is 1.15. The number of nitrogens with one attached hydrogen (secondary N) is 2. The molecule has 8 nitrogen and oxygen atoms in total. The summed E-state index contributed by atoms with van der Waals surface area (Å²) in [7, 11) is 0. The normalized spacial score (nSPS) is 19.8. The molecule has 130 valence electrons. The van der Waals surface area contributed by atoms with Gasteiger partial charge in [-0.15, -0.1) is 0 Å². The summed E-state index contributed by atoms with van der Waals surface area (Å²) in [5.74, 6) is -1.16. The van der Waals surface area contributed by atoms with Gasteiger partial charge in [-0.2, -0.15) is 0 Å². The molecule has 0 unspecified atom stereocenters. The molecule has 0 spiro atoms. The van der Waals surface area contributed by atoms with Gasteiger partial charge in [0.25, 0.3) is 0 Å². The number of aromatic amines is 1. The second kappa shape index (κ2) is 7.02. The maximum absolute atomic E-state index is 12.4. The van der Waals surface area contributed by atoms with E-state index in [0.717, 1.165) is 12.8 Å². The average Bonchev–Trinajstić information content (AvgIpc) is 3.31. The third-order valence-electron chi connectivity index (χ3n) is 4.70. The summed E-state index contributed by atoms with van der Waals surface area (Å²) in [6.07, 6.45) is 6.31. The minimum absolute atomic E-state index is 0.167. The van der Waals surface area contributed by atoms with E-state index in [1.54, 1.807) is 6.20 Å². The number of hydrogen-bond donors (Lipinski definition) is 3. The number of carboxylic acid groups (broad SMARTS) is 1. The molecule has 2 aliphatic rings. The first-order chi connectivity index (χ1) is 11.5. The van der Waals surface area contributed by atoms with Gasteiger partial charge in [0, 0.05) is 43.2 Å². The van der Waals surface area contributed by atoms with Crippen LogP contribution in [0.2, 0.25) is 0 Å². The monoisotopic (exact) mass is 334 g/mol. The van der Waals surface area contributed by atoms with Crippen LogP contribution in [0.25, 0.3) is 0 Å². The molecule has 1 aliphatic heterocycles. The highest BCUT2D eigenvalue weighted by atomic mass is 16.4. The minimum atomic E-state index is -1.07. The molecule has 24 heavy (non-hydrogen) atoms. The molecule has 1 atom stereocenters. The van der Waals surface area contributed by atoms with Gasteiger partial charge in [-0.3, -0.25) is 9.59 Å². The standard InChI is InChI=1S/C16H22N4O4/c21-14(19-13(16(23)24)7-12-8-17-9-18-12)10-3-5-20(6-4-10)15(22)11-1-2-11/h8-11,13H,1-7H2,(H,17,18)(H,19,21)(H,23,24)/t13-/m0/s1. The summed E-state index contributed by atoms with van der Waals surface area (Å²) >= 11 is 0. The van der Waals surface area contributed by atoms with Crippen LogP contribution in [0.1, 0.15) is 31.4 Å². The Kier molecular flexibility index (Phi) is 4.82. The summed E-state index contributed by atoms with van der Waals surface area (Å²) in [4.78, 5) is 44.3. The molecule has 1 aliphatic carbocycles. The van der Waals surface area contributed by atoms with Gasteiger partial charge in [0.15, 0.2) is 0 Å². The number of amides is 2. The third-order valence-corrected chi connectivity index (χ3v) is 4.70. The highest BCUT2D eigenvalue weighted by Gasteiger charge is 2.36. The van der Waals surface area contributed by atoms with E-state index in [-0.39, 0.29) is 30.1 Å². The smallest absolute Gasteiger partial charge is 0.326 e. The molecule has 2 amide bonds. The van der Waals surface area contributed by atoms with Crippen LogP contribution in [-0.2, 0) is 20.8 Å². The van der Waals surface area contributed by atoms with Gasteiger partial charge in [-0.1, -0.05) is 0 Å². The van der Waals surface area contributed by atoms with E-state index in [2.05, 4.69) is 15.3 Å². The topological polar surface area (TPSA) is 115 Å². The van der Waals surface area contributed by atoms with Crippen molar-refractivity contribution < 1.29 is 19.5 Å². The van der Waals surface area contributed by atoms with Gasteiger partial charge in [0.05, 0.1) is 6.33 Å². The number of carbonyl (C=O) groups excluding carboxylic acids is 2. The number of carbonyl (C=O) groups is 3. The van der Waals surface area contributed by atoms with Crippen molar-refractivity contribution in [2.45, 2.75) is 38.1 Å². The number of piperidine rings is 1. The molecule has 1 aromatic rings. The van der Waals surface area contributed by atoms with Gasteiger partial charge in [-0.05, 0) is 25.7 Å². The molecule has 0 bridgehead atoms. The lowest BCUT2D eigenvalue weighted by atomic mass is 9.95. The fourth-order valence-electron chi connectivity index (χ4n) is 3.06. The Morgan fingerprint density at radius 1 is 1.25 bits per heavy atom. The van der Waals surface area contributed by atoms with Crippen LogP contribution < -0.4 is 5.32 Å². The molecule has 0 aromatic carbocycles. The van der Waals surface area contributed by atoms with Crippen molar-refractivity contribution in [3.8, 4) is 0 Å². The van der Waals surface area contributed by atoms with Crippen molar-refractivity contribution in [1.82, 2.24) is 20.2 Å². The fraction of sp³-hybridized carbons (Fsp3) is 0.625. The average molecular weight is 334 g/mol. The number of likely N-dealkylation sites (tertiary alicyclic amines) is 1. The lowest BCUT2D eigenvalue weighted by molar-refractivity contribution is -0.143. The highest BCUT2D eigenvalue weighted by molar-refractivity contribution is 5.86. The van der Waals surface area contributed by atoms with Crippen LogP contribution >= 0.6 is 0 Å². The van der Waals surface area contributed by atoms with Gasteiger partial charge < -0.3 is 20.3 Å². The van der Waals surface area contributed by atoms with Crippen LogP contribution in [0.3, 0.4) is 0 Å². The summed E-state index contributed by atoms with van der Waals surface area (Å²) < 4.78 is 0. The molecule has 1 saturated carbocycles. The number of rotatable bonds is 6. The Morgan fingerprint density at radius 2 is 1.96 bits per heavy atom. The van der Waals surface area contributed by atoms with Gasteiger partial charge in [-0.25, -0.2) is 9.78 Å². The maximum Gasteiger partial charge on any atom is 0.326 e. The molecule has 3 N–H and O–H groups in total. The Hall–Kier alpha value is -2.38. The van der Waals surface area contributed by atoms with E-state index < -0.39 is 12.0 Å². The first-order valence-electron chi connectivity index (χ1n) is 8.34. The molecular weight excluding hydrogens is 312 g/mol. The van der Waals surface area contributed by atoms with Crippen LogP contribution in [0.15, 0.2) is 12.5 Å². The second-order valence-electron chi connectivity index (χ2n) is 6.55. The molecule has 1 aromatic heterocycles. The zero-order chi connectivity index (χ0) is 17.1. The minimum Gasteiger partial charge on any atom is -0.480 e. The predicted octanol–water partition coefficient (Wildman–Crippen LogP) is 0.170. The van der Waals surface area contributed by atoms with Gasteiger partial charge >= 0.3 is 5.97 Å². The third kappa shape index (κ3) is 3.93. The quantitative estimate of drug-likeness (QED) is 0.686. The summed E-state index contributed by atoms with van der Waals surface area (Å²) in [5, 5.41) is 11.9. The van der Waals surface area contributed by atoms with Crippen molar-refractivity contribution in [1.29, 1.82) is 0 Å². The van der Waals surface area contributed by atoms with Crippen LogP contribution in [0, 0.1) is 11.8 Å². The number of hydrogen-bond acceptors (Lipinski definition) is 4. The van der Waals surface area contributed by atoms with E-state index in [9.17, 15) is 19.5 Å². The van der Waals surface area contributed by atoms with Crippen molar-refractivity contribution in [3.63, 3.8) is 0 Å². The van der Waals surface area contributed by atoms with Crippen molar-refractivity contribution >= 4 is 17.8 Å². The molecular formula is C16H22N4O4. The van der Waals surface area contributed by atoms with Crippen molar-refractivity contribution in [2.75, 3.05) is 13.1 Å². The van der Waals surface area contributed by atoms with E-state index in [0.29, 0.717) is 31.6 Å². The first-order valence-corrected chi connectivity index (χ1v) is 8.34. The van der Waals surface area contributed by atoms with Gasteiger partial charge in [0.2, 0.25) is 11.8 Å². The van der Waals surface area contributed by atoms with E-state index in [1.165, 1.54) is 6.33 Å². The maximum atomic E-state index is 12.4. The number of aliphatic carboxylic acids is 1. The first kappa shape index (κ1) is 16.5. The fourth-order valence-corrected chi connectivity index (χ4v) is 3.06. The number of imidazole rings is 1. The lowest BCUT2D eigenvalue weighted by Crippen LogP contribution is -2.48. The number of nitrogens with zero attached hydrogens (tertiary/aromatic N) is 2. The Bertz CT molecular complexity index is 604. The van der Waals surface area contributed by atoms with E-state index >= 15 is 0 Å². The lowest BCUT2D eigenvalue weighted by Gasteiger charge is -2.32. The molecule has 8 heteroatoms. The zero-order valence-electron chi connectivity index (χ0n) is 13.4. The largest absolute Gasteiger partial charge is 0.480 e. The molecule has 2 fully saturated rings. The van der Waals surface area contributed by atoms with Crippen molar-refractivity contribution in [3.05, 3.63) is 18.2 Å².